The van der Waals surface area contributed by atoms with Gasteiger partial charge in [0.2, 0.25) is 5.91 Å². The monoisotopic (exact) mass is 332 g/mol. The highest BCUT2D eigenvalue weighted by atomic mass is 32.1. The fourth-order valence-electron chi connectivity index (χ4n) is 2.59. The molecule has 2 atom stereocenters. The van der Waals surface area contributed by atoms with E-state index in [0.29, 0.717) is 5.01 Å². The van der Waals surface area contributed by atoms with Crippen molar-refractivity contribution < 1.29 is 19.4 Å². The molecule has 0 saturated heterocycles. The maximum absolute atomic E-state index is 12.2. The summed E-state index contributed by atoms with van der Waals surface area (Å²) in [6, 6.07) is 7.72. The number of para-hydroxylation sites is 1. The Morgan fingerprint density at radius 3 is 2.91 bits per heavy atom. The Bertz CT molecular complexity index is 743. The van der Waals surface area contributed by atoms with Crippen LogP contribution in [0.15, 0.2) is 29.6 Å². The highest BCUT2D eigenvalue weighted by Gasteiger charge is 2.45. The number of nitrogens with one attached hydrogen (secondary N) is 1. The van der Waals surface area contributed by atoms with Crippen molar-refractivity contribution in [3.63, 3.8) is 0 Å². The lowest BCUT2D eigenvalue weighted by Crippen LogP contribution is -2.24. The van der Waals surface area contributed by atoms with Crippen molar-refractivity contribution in [1.82, 2.24) is 10.3 Å². The first-order chi connectivity index (χ1) is 11.1. The van der Waals surface area contributed by atoms with E-state index in [1.165, 1.54) is 16.7 Å². The zero-order valence-corrected chi connectivity index (χ0v) is 13.3. The molecule has 1 aromatic carbocycles. The molecule has 2 N–H and O–H groups in total. The molecule has 1 aromatic heterocycles. The number of hydrogen-bond donors (Lipinski definition) is 2. The van der Waals surface area contributed by atoms with Crippen LogP contribution in [0.25, 0.3) is 0 Å². The Balaban J connectivity index is 1.57. The van der Waals surface area contributed by atoms with Crippen molar-refractivity contribution in [2.75, 3.05) is 7.11 Å². The molecule has 0 bridgehead atoms. The molecule has 1 amide bonds. The molecule has 1 aliphatic carbocycles. The van der Waals surface area contributed by atoms with E-state index in [-0.39, 0.29) is 30.0 Å². The summed E-state index contributed by atoms with van der Waals surface area (Å²) in [6.45, 7) is 0.256. The van der Waals surface area contributed by atoms with Gasteiger partial charge in [0.15, 0.2) is 5.69 Å². The van der Waals surface area contributed by atoms with Crippen LogP contribution in [0.3, 0.4) is 0 Å². The Labute approximate surface area is 137 Å². The number of amides is 1. The zero-order chi connectivity index (χ0) is 16.4. The molecule has 120 valence electrons. The molecular formula is C16H16N2O4S. The summed E-state index contributed by atoms with van der Waals surface area (Å²) in [7, 11) is 1.62. The van der Waals surface area contributed by atoms with E-state index in [0.717, 1.165) is 17.7 Å². The van der Waals surface area contributed by atoms with Gasteiger partial charge in [-0.25, -0.2) is 9.78 Å². The van der Waals surface area contributed by atoms with Gasteiger partial charge in [-0.2, -0.15) is 0 Å². The number of aromatic carboxylic acids is 1. The second kappa shape index (κ2) is 6.37. The number of rotatable bonds is 6. The van der Waals surface area contributed by atoms with Gasteiger partial charge in [-0.1, -0.05) is 18.2 Å². The maximum atomic E-state index is 12.2. The number of hydrogen-bond acceptors (Lipinski definition) is 5. The van der Waals surface area contributed by atoms with Gasteiger partial charge in [-0.15, -0.1) is 11.3 Å². The summed E-state index contributed by atoms with van der Waals surface area (Å²) >= 11 is 1.23. The molecule has 0 unspecified atom stereocenters. The van der Waals surface area contributed by atoms with E-state index >= 15 is 0 Å². The fourth-order valence-corrected chi connectivity index (χ4v) is 3.29. The molecule has 7 heteroatoms. The second-order valence-electron chi connectivity index (χ2n) is 5.34. The van der Waals surface area contributed by atoms with Crippen LogP contribution in [0.5, 0.6) is 5.75 Å². The number of thiazole rings is 1. The summed E-state index contributed by atoms with van der Waals surface area (Å²) in [5.74, 6) is -0.175. The summed E-state index contributed by atoms with van der Waals surface area (Å²) in [5, 5.41) is 13.7. The third-order valence-corrected chi connectivity index (χ3v) is 4.70. The standard InChI is InChI=1S/C16H16N2O4S/c1-22-13-5-3-2-4-9(13)10-6-11(10)15(19)17-7-14-18-12(8-23-14)16(20)21/h2-5,8,10-11H,6-7H2,1H3,(H,17,19)(H,20,21)/t10-,11-/m1/s1. The Morgan fingerprint density at radius 1 is 1.43 bits per heavy atom. The second-order valence-corrected chi connectivity index (χ2v) is 6.28. The largest absolute Gasteiger partial charge is 0.496 e. The first-order valence-electron chi connectivity index (χ1n) is 7.18. The molecule has 1 aliphatic rings. The Morgan fingerprint density at radius 2 is 2.22 bits per heavy atom. The minimum atomic E-state index is -1.06. The van der Waals surface area contributed by atoms with Gasteiger partial charge in [0.05, 0.1) is 13.7 Å². The molecule has 0 radical (unpaired) electrons. The molecule has 1 heterocycles. The number of nitrogens with zero attached hydrogens (tertiary/aromatic N) is 1. The number of carboxylic acids is 1. The average Bonchev–Trinajstić information content (AvgIpc) is 3.21. The van der Waals surface area contributed by atoms with Crippen LogP contribution in [0.1, 0.15) is 33.4 Å². The van der Waals surface area contributed by atoms with Crippen molar-refractivity contribution in [1.29, 1.82) is 0 Å². The van der Waals surface area contributed by atoms with E-state index in [1.54, 1.807) is 7.11 Å². The summed E-state index contributed by atoms with van der Waals surface area (Å²) in [6.07, 6.45) is 0.796. The van der Waals surface area contributed by atoms with Crippen LogP contribution in [0.2, 0.25) is 0 Å². The number of benzene rings is 1. The number of carbonyl (C=O) groups is 2. The van der Waals surface area contributed by atoms with Gasteiger partial charge >= 0.3 is 5.97 Å². The predicted molar refractivity (Wildman–Crippen MR) is 84.8 cm³/mol. The summed E-state index contributed by atoms with van der Waals surface area (Å²) in [5.41, 5.74) is 1.06. The molecule has 1 saturated carbocycles. The van der Waals surface area contributed by atoms with E-state index in [2.05, 4.69) is 10.3 Å². The third kappa shape index (κ3) is 3.34. The number of carboxylic acid groups (broad SMARTS) is 1. The van der Waals surface area contributed by atoms with Crippen LogP contribution >= 0.6 is 11.3 Å². The molecule has 3 rings (SSSR count). The molecule has 23 heavy (non-hydrogen) atoms. The summed E-state index contributed by atoms with van der Waals surface area (Å²) < 4.78 is 5.33. The molecule has 2 aromatic rings. The first kappa shape index (κ1) is 15.5. The average molecular weight is 332 g/mol. The van der Waals surface area contributed by atoms with Crippen molar-refractivity contribution >= 4 is 23.2 Å². The lowest BCUT2D eigenvalue weighted by Gasteiger charge is -2.07. The summed E-state index contributed by atoms with van der Waals surface area (Å²) in [4.78, 5) is 26.9. The smallest absolute Gasteiger partial charge is 0.355 e. The molecule has 1 fully saturated rings. The van der Waals surface area contributed by atoms with Gasteiger partial charge in [-0.3, -0.25) is 4.79 Å². The zero-order valence-electron chi connectivity index (χ0n) is 12.5. The highest BCUT2D eigenvalue weighted by Crippen LogP contribution is 2.50. The minimum Gasteiger partial charge on any atom is -0.496 e. The quantitative estimate of drug-likeness (QED) is 0.847. The fraction of sp³-hybridized carbons (Fsp3) is 0.312. The molecule has 6 nitrogen and oxygen atoms in total. The normalized spacial score (nSPS) is 19.2. The minimum absolute atomic E-state index is 0.0116. The predicted octanol–water partition coefficient (Wildman–Crippen LogP) is 2.27. The van der Waals surface area contributed by atoms with Crippen molar-refractivity contribution in [3.05, 3.63) is 45.9 Å². The maximum Gasteiger partial charge on any atom is 0.355 e. The van der Waals surface area contributed by atoms with Gasteiger partial charge < -0.3 is 15.2 Å². The number of ether oxygens (including phenoxy) is 1. The van der Waals surface area contributed by atoms with Crippen LogP contribution in [-0.2, 0) is 11.3 Å². The van der Waals surface area contributed by atoms with Gasteiger partial charge in [-0.05, 0) is 24.0 Å². The van der Waals surface area contributed by atoms with Crippen LogP contribution in [0.4, 0.5) is 0 Å². The molecule has 0 spiro atoms. The number of aromatic nitrogens is 1. The van der Waals surface area contributed by atoms with Crippen molar-refractivity contribution in [2.45, 2.75) is 18.9 Å². The lowest BCUT2D eigenvalue weighted by molar-refractivity contribution is -0.122. The SMILES string of the molecule is COc1ccccc1[C@H]1C[C@H]1C(=O)NCc1nc(C(=O)O)cs1. The third-order valence-electron chi connectivity index (χ3n) is 3.85. The Hall–Kier alpha value is -2.41. The van der Waals surface area contributed by atoms with E-state index in [9.17, 15) is 9.59 Å². The first-order valence-corrected chi connectivity index (χ1v) is 8.06. The molecule has 0 aliphatic heterocycles. The van der Waals surface area contributed by atoms with Gasteiger partial charge in [0.25, 0.3) is 0 Å². The van der Waals surface area contributed by atoms with Gasteiger partial charge in [0.1, 0.15) is 10.8 Å². The molecular weight excluding hydrogens is 316 g/mol. The highest BCUT2D eigenvalue weighted by molar-refractivity contribution is 7.09. The van der Waals surface area contributed by atoms with Crippen molar-refractivity contribution in [3.8, 4) is 5.75 Å². The van der Waals surface area contributed by atoms with Crippen molar-refractivity contribution in [2.24, 2.45) is 5.92 Å². The van der Waals surface area contributed by atoms with Crippen LogP contribution in [0, 0.1) is 5.92 Å². The van der Waals surface area contributed by atoms with Crippen LogP contribution < -0.4 is 10.1 Å². The van der Waals surface area contributed by atoms with E-state index in [1.807, 2.05) is 24.3 Å². The Kier molecular flexibility index (Phi) is 4.29. The van der Waals surface area contributed by atoms with E-state index in [4.69, 9.17) is 9.84 Å². The number of methoxy groups -OCH3 is 1. The van der Waals surface area contributed by atoms with Crippen LogP contribution in [-0.4, -0.2) is 29.1 Å². The van der Waals surface area contributed by atoms with Gasteiger partial charge in [0, 0.05) is 11.3 Å². The topological polar surface area (TPSA) is 88.5 Å². The van der Waals surface area contributed by atoms with E-state index < -0.39 is 5.97 Å². The number of carbonyl (C=O) groups excluding carboxylic acids is 1. The lowest BCUT2D eigenvalue weighted by atomic mass is 10.1.